The number of aryl methyl sites for hydroxylation is 1. The van der Waals surface area contributed by atoms with E-state index in [1.54, 1.807) is 6.92 Å². The van der Waals surface area contributed by atoms with E-state index in [0.717, 1.165) is 0 Å². The topological polar surface area (TPSA) is 46.5 Å². The van der Waals surface area contributed by atoms with Gasteiger partial charge in [-0.25, -0.2) is 9.18 Å². The van der Waals surface area contributed by atoms with Crippen LogP contribution in [0.25, 0.3) is 0 Å². The molecule has 0 atom stereocenters. The van der Waals surface area contributed by atoms with Gasteiger partial charge in [-0.05, 0) is 30.7 Å². The second-order valence-electron chi connectivity index (χ2n) is 2.59. The van der Waals surface area contributed by atoms with Gasteiger partial charge in [0.2, 0.25) is 0 Å². The van der Waals surface area contributed by atoms with Crippen molar-refractivity contribution in [3.8, 4) is 5.75 Å². The average Bonchev–Trinajstić information content (AvgIpc) is 2.23. The highest BCUT2D eigenvalue weighted by atomic mass is 19.1. The number of carbonyl (C=O) groups is 1. The van der Waals surface area contributed by atoms with Crippen molar-refractivity contribution in [1.29, 1.82) is 0 Å². The van der Waals surface area contributed by atoms with Gasteiger partial charge in [0, 0.05) is 0 Å². The first-order chi connectivity index (χ1) is 7.09. The largest absolute Gasteiger partial charge is 0.482 e. The van der Waals surface area contributed by atoms with Crippen molar-refractivity contribution in [2.75, 3.05) is 6.61 Å². The third kappa shape index (κ3) is 5.00. The van der Waals surface area contributed by atoms with Crippen molar-refractivity contribution in [2.45, 2.75) is 20.8 Å². The maximum Gasteiger partial charge on any atom is 0.341 e. The number of carboxylic acids is 1. The second-order valence-corrected chi connectivity index (χ2v) is 2.59. The summed E-state index contributed by atoms with van der Waals surface area (Å²) in [5, 5.41) is 8.30. The maximum atomic E-state index is 12.7. The summed E-state index contributed by atoms with van der Waals surface area (Å²) in [6.07, 6.45) is 0. The molecule has 0 fully saturated rings. The second kappa shape index (κ2) is 6.81. The van der Waals surface area contributed by atoms with Gasteiger partial charge in [0.05, 0.1) is 0 Å². The van der Waals surface area contributed by atoms with Crippen molar-refractivity contribution in [3.05, 3.63) is 29.6 Å². The third-order valence-electron chi connectivity index (χ3n) is 1.49. The molecule has 0 radical (unpaired) electrons. The zero-order chi connectivity index (χ0) is 11.8. The zero-order valence-electron chi connectivity index (χ0n) is 9.08. The molecule has 0 aliphatic carbocycles. The van der Waals surface area contributed by atoms with Crippen LogP contribution in [-0.2, 0) is 4.79 Å². The van der Waals surface area contributed by atoms with E-state index in [4.69, 9.17) is 9.84 Å². The van der Waals surface area contributed by atoms with Crippen molar-refractivity contribution < 1.29 is 19.0 Å². The molecule has 84 valence electrons. The molecule has 1 N–H and O–H groups in total. The highest BCUT2D eigenvalue weighted by Gasteiger charge is 2.01. The van der Waals surface area contributed by atoms with E-state index in [-0.39, 0.29) is 5.82 Å². The number of hydrogen-bond donors (Lipinski definition) is 1. The van der Waals surface area contributed by atoms with Crippen LogP contribution in [0.15, 0.2) is 18.2 Å². The standard InChI is InChI=1S/C9H9FO3.C2H6/c1-6-4-7(2-3-8(6)10)13-5-9(11)12;1-2/h2-4H,5H2,1H3,(H,11,12);1-2H3. The fourth-order valence-electron chi connectivity index (χ4n) is 0.852. The Balaban J connectivity index is 0.000000921. The van der Waals surface area contributed by atoms with Gasteiger partial charge < -0.3 is 9.84 Å². The summed E-state index contributed by atoms with van der Waals surface area (Å²) in [4.78, 5) is 10.1. The molecule has 0 aromatic heterocycles. The predicted molar refractivity (Wildman–Crippen MR) is 55.6 cm³/mol. The van der Waals surface area contributed by atoms with Gasteiger partial charge in [-0.3, -0.25) is 0 Å². The van der Waals surface area contributed by atoms with Crippen LogP contribution in [0.4, 0.5) is 4.39 Å². The van der Waals surface area contributed by atoms with Crippen LogP contribution in [0.5, 0.6) is 5.75 Å². The maximum absolute atomic E-state index is 12.7. The number of halogens is 1. The molecule has 0 bridgehead atoms. The van der Waals surface area contributed by atoms with Crippen LogP contribution in [0.3, 0.4) is 0 Å². The fourth-order valence-corrected chi connectivity index (χ4v) is 0.852. The van der Waals surface area contributed by atoms with Crippen molar-refractivity contribution >= 4 is 5.97 Å². The molecule has 0 amide bonds. The molecule has 1 rings (SSSR count). The first kappa shape index (κ1) is 13.4. The molecule has 4 heteroatoms. The summed E-state index contributed by atoms with van der Waals surface area (Å²) in [6.45, 7) is 5.17. The first-order valence-corrected chi connectivity index (χ1v) is 4.70. The molecule has 15 heavy (non-hydrogen) atoms. The molecular formula is C11H15FO3. The molecule has 0 aliphatic heterocycles. The van der Waals surface area contributed by atoms with Gasteiger partial charge in [0.1, 0.15) is 11.6 Å². The van der Waals surface area contributed by atoms with E-state index in [2.05, 4.69) is 0 Å². The Morgan fingerprint density at radius 2 is 2.07 bits per heavy atom. The minimum absolute atomic E-state index is 0.331. The number of carboxylic acid groups (broad SMARTS) is 1. The van der Waals surface area contributed by atoms with Gasteiger partial charge in [-0.1, -0.05) is 13.8 Å². The smallest absolute Gasteiger partial charge is 0.341 e. The highest BCUT2D eigenvalue weighted by Crippen LogP contribution is 2.15. The highest BCUT2D eigenvalue weighted by molar-refractivity contribution is 5.68. The Kier molecular flexibility index (Phi) is 6.09. The number of benzene rings is 1. The summed E-state index contributed by atoms with van der Waals surface area (Å²) >= 11 is 0. The molecule has 0 aliphatic rings. The van der Waals surface area contributed by atoms with Crippen molar-refractivity contribution in [3.63, 3.8) is 0 Å². The van der Waals surface area contributed by atoms with E-state index in [1.807, 2.05) is 13.8 Å². The van der Waals surface area contributed by atoms with Crippen LogP contribution in [0.2, 0.25) is 0 Å². The Bertz CT molecular complexity index is 324. The number of ether oxygens (including phenoxy) is 1. The molecule has 0 heterocycles. The minimum atomic E-state index is -1.05. The number of hydrogen-bond acceptors (Lipinski definition) is 2. The summed E-state index contributed by atoms with van der Waals surface area (Å²) in [5.41, 5.74) is 0.433. The summed E-state index contributed by atoms with van der Waals surface area (Å²) in [6, 6.07) is 4.09. The first-order valence-electron chi connectivity index (χ1n) is 4.70. The lowest BCUT2D eigenvalue weighted by Crippen LogP contribution is -2.09. The van der Waals surface area contributed by atoms with Crippen LogP contribution in [-0.4, -0.2) is 17.7 Å². The Morgan fingerprint density at radius 1 is 1.47 bits per heavy atom. The van der Waals surface area contributed by atoms with Crippen LogP contribution in [0, 0.1) is 12.7 Å². The van der Waals surface area contributed by atoms with Gasteiger partial charge in [-0.2, -0.15) is 0 Å². The van der Waals surface area contributed by atoms with Crippen molar-refractivity contribution in [1.82, 2.24) is 0 Å². The van der Waals surface area contributed by atoms with Crippen LogP contribution < -0.4 is 4.74 Å². The summed E-state index contributed by atoms with van der Waals surface area (Å²) < 4.78 is 17.6. The number of aliphatic carboxylic acids is 1. The van der Waals surface area contributed by atoms with E-state index < -0.39 is 12.6 Å². The lowest BCUT2D eigenvalue weighted by atomic mass is 10.2. The van der Waals surface area contributed by atoms with E-state index in [9.17, 15) is 9.18 Å². The number of rotatable bonds is 3. The molecule has 0 unspecified atom stereocenters. The molecule has 1 aromatic carbocycles. The quantitative estimate of drug-likeness (QED) is 0.841. The van der Waals surface area contributed by atoms with Gasteiger partial charge >= 0.3 is 5.97 Å². The zero-order valence-corrected chi connectivity index (χ0v) is 9.08. The Labute approximate surface area is 88.5 Å². The van der Waals surface area contributed by atoms with Crippen LogP contribution in [0.1, 0.15) is 19.4 Å². The lowest BCUT2D eigenvalue weighted by molar-refractivity contribution is -0.139. The molecule has 3 nitrogen and oxygen atoms in total. The SMILES string of the molecule is CC.Cc1cc(OCC(=O)O)ccc1F. The summed E-state index contributed by atoms with van der Waals surface area (Å²) in [7, 11) is 0. The van der Waals surface area contributed by atoms with E-state index in [1.165, 1.54) is 18.2 Å². The normalized spacial score (nSPS) is 8.80. The van der Waals surface area contributed by atoms with Gasteiger partial charge in [-0.15, -0.1) is 0 Å². The van der Waals surface area contributed by atoms with Crippen LogP contribution >= 0.6 is 0 Å². The summed E-state index contributed by atoms with van der Waals surface area (Å²) in [5.74, 6) is -1.02. The van der Waals surface area contributed by atoms with E-state index >= 15 is 0 Å². The molecule has 0 saturated heterocycles. The molecule has 0 spiro atoms. The Hall–Kier alpha value is -1.58. The van der Waals surface area contributed by atoms with Crippen molar-refractivity contribution in [2.24, 2.45) is 0 Å². The van der Waals surface area contributed by atoms with Gasteiger partial charge in [0.15, 0.2) is 6.61 Å². The predicted octanol–water partition coefficient (Wildman–Crippen LogP) is 2.62. The fraction of sp³-hybridized carbons (Fsp3) is 0.364. The minimum Gasteiger partial charge on any atom is -0.482 e. The lowest BCUT2D eigenvalue weighted by Gasteiger charge is -2.03. The molecule has 0 saturated carbocycles. The molecule has 1 aromatic rings. The van der Waals surface area contributed by atoms with E-state index in [0.29, 0.717) is 11.3 Å². The Morgan fingerprint density at radius 3 is 2.53 bits per heavy atom. The monoisotopic (exact) mass is 214 g/mol. The molecular weight excluding hydrogens is 199 g/mol. The van der Waals surface area contributed by atoms with Gasteiger partial charge in [0.25, 0.3) is 0 Å². The third-order valence-corrected chi connectivity index (χ3v) is 1.49. The average molecular weight is 214 g/mol.